The van der Waals surface area contributed by atoms with E-state index in [1.54, 1.807) is 18.3 Å². The van der Waals surface area contributed by atoms with Crippen LogP contribution in [0.15, 0.2) is 29.6 Å². The van der Waals surface area contributed by atoms with E-state index in [1.165, 1.54) is 12.1 Å². The fourth-order valence-electron chi connectivity index (χ4n) is 1.88. The molecule has 1 heterocycles. The van der Waals surface area contributed by atoms with Gasteiger partial charge in [-0.05, 0) is 30.0 Å². The second-order valence-electron chi connectivity index (χ2n) is 4.47. The predicted octanol–water partition coefficient (Wildman–Crippen LogP) is 2.95. The Morgan fingerprint density at radius 2 is 2.24 bits per heavy atom. The number of hydrogen-bond donors (Lipinski definition) is 1. The number of carbonyl (C=O) groups excluding carboxylic acids is 1. The number of thiophene rings is 1. The number of carbonyl (C=O) groups is 1. The van der Waals surface area contributed by atoms with E-state index in [1.807, 2.05) is 17.5 Å². The van der Waals surface area contributed by atoms with Gasteiger partial charge in [0.2, 0.25) is 0 Å². The number of esters is 1. The van der Waals surface area contributed by atoms with Crippen LogP contribution in [0, 0.1) is 17.0 Å². The summed E-state index contributed by atoms with van der Waals surface area (Å²) < 4.78 is 5.14. The SMILES string of the molecule is Cc1cc(C(=O)OCCc2cccs2)c(N)c([N+](=O)[O-])c1. The van der Waals surface area contributed by atoms with Crippen molar-refractivity contribution in [1.82, 2.24) is 0 Å². The molecule has 2 rings (SSSR count). The van der Waals surface area contributed by atoms with Gasteiger partial charge in [-0.3, -0.25) is 10.1 Å². The first-order valence-electron chi connectivity index (χ1n) is 6.23. The Labute approximate surface area is 125 Å². The van der Waals surface area contributed by atoms with Crippen LogP contribution >= 0.6 is 11.3 Å². The summed E-state index contributed by atoms with van der Waals surface area (Å²) in [7, 11) is 0. The van der Waals surface area contributed by atoms with Crippen LogP contribution in [0.5, 0.6) is 0 Å². The zero-order chi connectivity index (χ0) is 15.4. The number of nitro groups is 1. The van der Waals surface area contributed by atoms with Gasteiger partial charge in [0.05, 0.1) is 17.1 Å². The molecule has 0 unspecified atom stereocenters. The van der Waals surface area contributed by atoms with Gasteiger partial charge in [0.15, 0.2) is 0 Å². The van der Waals surface area contributed by atoms with Crippen LogP contribution in [0.3, 0.4) is 0 Å². The summed E-state index contributed by atoms with van der Waals surface area (Å²) in [5, 5.41) is 12.8. The van der Waals surface area contributed by atoms with Crippen molar-refractivity contribution in [1.29, 1.82) is 0 Å². The number of hydrogen-bond acceptors (Lipinski definition) is 6. The first-order chi connectivity index (χ1) is 9.99. The summed E-state index contributed by atoms with van der Waals surface area (Å²) in [5.41, 5.74) is 5.86. The summed E-state index contributed by atoms with van der Waals surface area (Å²) >= 11 is 1.58. The minimum atomic E-state index is -0.643. The number of rotatable bonds is 5. The molecule has 21 heavy (non-hydrogen) atoms. The zero-order valence-corrected chi connectivity index (χ0v) is 12.2. The molecule has 0 aliphatic rings. The van der Waals surface area contributed by atoms with Crippen molar-refractivity contribution in [3.05, 3.63) is 55.8 Å². The lowest BCUT2D eigenvalue weighted by molar-refractivity contribution is -0.384. The fourth-order valence-corrected chi connectivity index (χ4v) is 2.57. The Morgan fingerprint density at radius 3 is 2.86 bits per heavy atom. The highest BCUT2D eigenvalue weighted by Gasteiger charge is 2.21. The minimum absolute atomic E-state index is 0.0351. The van der Waals surface area contributed by atoms with Crippen molar-refractivity contribution in [2.24, 2.45) is 0 Å². The van der Waals surface area contributed by atoms with E-state index in [0.29, 0.717) is 12.0 Å². The Hall–Kier alpha value is -2.41. The molecule has 0 aliphatic carbocycles. The highest BCUT2D eigenvalue weighted by atomic mass is 32.1. The number of ether oxygens (including phenoxy) is 1. The monoisotopic (exact) mass is 306 g/mol. The number of nitrogens with two attached hydrogens (primary N) is 1. The topological polar surface area (TPSA) is 95.5 Å². The summed E-state index contributed by atoms with van der Waals surface area (Å²) in [4.78, 5) is 23.4. The van der Waals surface area contributed by atoms with Gasteiger partial charge >= 0.3 is 5.97 Å². The molecule has 0 amide bonds. The standard InChI is InChI=1S/C14H14N2O4S/c1-9-7-11(13(15)12(8-9)16(18)19)14(17)20-5-4-10-3-2-6-21-10/h2-3,6-8H,4-5,15H2,1H3. The second kappa shape index (κ2) is 6.36. The van der Waals surface area contributed by atoms with Crippen LogP contribution in [0.2, 0.25) is 0 Å². The Balaban J connectivity index is 2.10. The quantitative estimate of drug-likeness (QED) is 0.396. The average Bonchev–Trinajstić information content (AvgIpc) is 2.93. The summed E-state index contributed by atoms with van der Waals surface area (Å²) in [6, 6.07) is 6.70. The third-order valence-corrected chi connectivity index (χ3v) is 3.82. The highest BCUT2D eigenvalue weighted by molar-refractivity contribution is 7.09. The summed E-state index contributed by atoms with van der Waals surface area (Å²) in [6.45, 7) is 1.87. The molecule has 1 aromatic carbocycles. The molecule has 7 heteroatoms. The third kappa shape index (κ3) is 3.57. The maximum absolute atomic E-state index is 12.0. The van der Waals surface area contributed by atoms with Crippen LogP contribution in [0.4, 0.5) is 11.4 Å². The maximum Gasteiger partial charge on any atom is 0.340 e. The molecule has 0 saturated heterocycles. The van der Waals surface area contributed by atoms with Crippen molar-refractivity contribution < 1.29 is 14.5 Å². The predicted molar refractivity (Wildman–Crippen MR) is 80.6 cm³/mol. The Kier molecular flexibility index (Phi) is 4.54. The number of aryl methyl sites for hydroxylation is 1. The van der Waals surface area contributed by atoms with Crippen molar-refractivity contribution in [3.63, 3.8) is 0 Å². The van der Waals surface area contributed by atoms with Gasteiger partial charge in [0, 0.05) is 17.4 Å². The Morgan fingerprint density at radius 1 is 1.48 bits per heavy atom. The molecule has 0 saturated carbocycles. The van der Waals surface area contributed by atoms with E-state index >= 15 is 0 Å². The van der Waals surface area contributed by atoms with Crippen LogP contribution in [-0.2, 0) is 11.2 Å². The lowest BCUT2D eigenvalue weighted by Gasteiger charge is -2.08. The number of nitrogens with zero attached hydrogens (tertiary/aromatic N) is 1. The van der Waals surface area contributed by atoms with Crippen LogP contribution < -0.4 is 5.73 Å². The maximum atomic E-state index is 12.0. The smallest absolute Gasteiger partial charge is 0.340 e. The van der Waals surface area contributed by atoms with E-state index < -0.39 is 10.9 Å². The molecule has 0 spiro atoms. The van der Waals surface area contributed by atoms with E-state index in [9.17, 15) is 14.9 Å². The van der Waals surface area contributed by atoms with E-state index in [0.717, 1.165) is 4.88 Å². The molecular formula is C14H14N2O4S. The minimum Gasteiger partial charge on any atom is -0.462 e. The zero-order valence-electron chi connectivity index (χ0n) is 11.4. The molecule has 2 aromatic rings. The summed E-state index contributed by atoms with van der Waals surface area (Å²) in [6.07, 6.45) is 0.608. The molecule has 1 aromatic heterocycles. The van der Waals surface area contributed by atoms with E-state index in [2.05, 4.69) is 0 Å². The first kappa shape index (κ1) is 15.0. The van der Waals surface area contributed by atoms with Gasteiger partial charge in [-0.15, -0.1) is 11.3 Å². The van der Waals surface area contributed by atoms with Crippen molar-refractivity contribution in [3.8, 4) is 0 Å². The molecule has 0 atom stereocenters. The van der Waals surface area contributed by atoms with Gasteiger partial charge in [-0.2, -0.15) is 0 Å². The molecule has 110 valence electrons. The first-order valence-corrected chi connectivity index (χ1v) is 7.11. The van der Waals surface area contributed by atoms with Crippen molar-refractivity contribution >= 4 is 28.7 Å². The number of benzene rings is 1. The largest absolute Gasteiger partial charge is 0.462 e. The van der Waals surface area contributed by atoms with Crippen molar-refractivity contribution in [2.45, 2.75) is 13.3 Å². The molecular weight excluding hydrogens is 292 g/mol. The molecule has 0 bridgehead atoms. The van der Waals surface area contributed by atoms with E-state index in [-0.39, 0.29) is 23.5 Å². The van der Waals surface area contributed by atoms with Gasteiger partial charge in [-0.1, -0.05) is 6.07 Å². The van der Waals surface area contributed by atoms with Gasteiger partial charge in [0.25, 0.3) is 5.69 Å². The van der Waals surface area contributed by atoms with Crippen LogP contribution in [-0.4, -0.2) is 17.5 Å². The van der Waals surface area contributed by atoms with Crippen LogP contribution in [0.25, 0.3) is 0 Å². The third-order valence-electron chi connectivity index (χ3n) is 2.88. The van der Waals surface area contributed by atoms with Gasteiger partial charge < -0.3 is 10.5 Å². The lowest BCUT2D eigenvalue weighted by Crippen LogP contribution is -2.12. The molecule has 2 N–H and O–H groups in total. The second-order valence-corrected chi connectivity index (χ2v) is 5.50. The molecule has 0 fully saturated rings. The average molecular weight is 306 g/mol. The van der Waals surface area contributed by atoms with Gasteiger partial charge in [0.1, 0.15) is 5.69 Å². The molecule has 6 nitrogen and oxygen atoms in total. The van der Waals surface area contributed by atoms with Crippen LogP contribution in [0.1, 0.15) is 20.8 Å². The highest BCUT2D eigenvalue weighted by Crippen LogP contribution is 2.27. The number of nitrogen functional groups attached to an aromatic ring is 1. The fraction of sp³-hybridized carbons (Fsp3) is 0.214. The normalized spacial score (nSPS) is 10.3. The molecule has 0 aliphatic heterocycles. The summed E-state index contributed by atoms with van der Waals surface area (Å²) in [5.74, 6) is -0.643. The number of anilines is 1. The van der Waals surface area contributed by atoms with Crippen molar-refractivity contribution in [2.75, 3.05) is 12.3 Å². The Bertz CT molecular complexity index is 668. The van der Waals surface area contributed by atoms with Gasteiger partial charge in [-0.25, -0.2) is 4.79 Å². The lowest BCUT2D eigenvalue weighted by atomic mass is 10.1. The number of nitro benzene ring substituents is 1. The molecule has 0 radical (unpaired) electrons. The van der Waals surface area contributed by atoms with E-state index in [4.69, 9.17) is 10.5 Å².